The molecule has 0 heterocycles. The maximum atomic E-state index is 3.89. The van der Waals surface area contributed by atoms with Gasteiger partial charge in [-0.2, -0.15) is 6.42 Å². The van der Waals surface area contributed by atoms with Gasteiger partial charge < -0.3 is 6.92 Å². The summed E-state index contributed by atoms with van der Waals surface area (Å²) in [5.41, 5.74) is 2.86. The minimum atomic E-state index is 0. The van der Waals surface area contributed by atoms with Gasteiger partial charge in [0.1, 0.15) is 0 Å². The van der Waals surface area contributed by atoms with E-state index in [4.69, 9.17) is 0 Å². The molecule has 0 nitrogen and oxygen atoms in total. The Kier molecular flexibility index (Phi) is 4.12. The van der Waals surface area contributed by atoms with Crippen molar-refractivity contribution in [1.29, 1.82) is 0 Å². The molecule has 0 radical (unpaired) electrons. The van der Waals surface area contributed by atoms with Crippen LogP contribution < -0.4 is 0 Å². The Morgan fingerprint density at radius 1 is 1.23 bits per heavy atom. The molecule has 0 saturated carbocycles. The van der Waals surface area contributed by atoms with Gasteiger partial charge in [-0.1, -0.05) is 42.8 Å². The van der Waals surface area contributed by atoms with E-state index in [9.17, 15) is 0 Å². The smallest absolute Gasteiger partial charge is 0.000289 e. The van der Waals surface area contributed by atoms with Crippen molar-refractivity contribution in [3.8, 4) is 0 Å². The van der Waals surface area contributed by atoms with Crippen LogP contribution >= 0.6 is 0 Å². The van der Waals surface area contributed by atoms with Crippen LogP contribution in [0.25, 0.3) is 6.08 Å². The van der Waals surface area contributed by atoms with Crippen LogP contribution in [0.5, 0.6) is 0 Å². The molecule has 1 aromatic carbocycles. The van der Waals surface area contributed by atoms with Gasteiger partial charge in [-0.15, -0.1) is 0 Å². The van der Waals surface area contributed by atoms with Crippen LogP contribution in [0.2, 0.25) is 0 Å². The van der Waals surface area contributed by atoms with Gasteiger partial charge in [0.15, 0.2) is 0 Å². The first-order valence-corrected chi connectivity index (χ1v) is 4.48. The topological polar surface area (TPSA) is 0 Å². The summed E-state index contributed by atoms with van der Waals surface area (Å²) >= 11 is 0. The summed E-state index contributed by atoms with van der Waals surface area (Å²) in [6.07, 6.45) is 6.70. The zero-order chi connectivity index (χ0) is 8.39. The second-order valence-electron chi connectivity index (χ2n) is 3.24. The van der Waals surface area contributed by atoms with Crippen LogP contribution in [0.1, 0.15) is 29.9 Å². The standard InChI is InChI=1S/C12H13.Zr/c1-2-5-10-8-9-11-6-3-4-7-12(10)11;/h3-4,6-10H,1-2,5H2;/q-1;. The van der Waals surface area contributed by atoms with E-state index in [1.807, 2.05) is 0 Å². The molecule has 66 valence electrons. The molecule has 0 bridgehead atoms. The van der Waals surface area contributed by atoms with Crippen LogP contribution in [0.15, 0.2) is 30.3 Å². The quantitative estimate of drug-likeness (QED) is 0.704. The summed E-state index contributed by atoms with van der Waals surface area (Å²) in [6.45, 7) is 3.89. The van der Waals surface area contributed by atoms with Crippen LogP contribution in [0.4, 0.5) is 0 Å². The summed E-state index contributed by atoms with van der Waals surface area (Å²) in [4.78, 5) is 0. The van der Waals surface area contributed by atoms with Crippen molar-refractivity contribution in [2.24, 2.45) is 0 Å². The average Bonchev–Trinajstić information content (AvgIpc) is 2.50. The van der Waals surface area contributed by atoms with Crippen LogP contribution in [-0.4, -0.2) is 0 Å². The number of rotatable bonds is 2. The molecule has 2 rings (SSSR count). The summed E-state index contributed by atoms with van der Waals surface area (Å²) in [6, 6.07) is 8.60. The number of allylic oxidation sites excluding steroid dienone is 1. The third kappa shape index (κ3) is 2.20. The van der Waals surface area contributed by atoms with Crippen molar-refractivity contribution in [3.63, 3.8) is 0 Å². The van der Waals surface area contributed by atoms with E-state index in [0.717, 1.165) is 6.42 Å². The Morgan fingerprint density at radius 3 is 2.77 bits per heavy atom. The summed E-state index contributed by atoms with van der Waals surface area (Å²) in [7, 11) is 0. The number of hydrogen-bond acceptors (Lipinski definition) is 0. The zero-order valence-corrected chi connectivity index (χ0v) is 10.1. The zero-order valence-electron chi connectivity index (χ0n) is 7.66. The van der Waals surface area contributed by atoms with Crippen molar-refractivity contribution in [3.05, 3.63) is 48.4 Å². The summed E-state index contributed by atoms with van der Waals surface area (Å²) in [5, 5.41) is 0. The number of hydrogen-bond donors (Lipinski definition) is 0. The van der Waals surface area contributed by atoms with Crippen molar-refractivity contribution >= 4 is 6.08 Å². The first-order chi connectivity index (χ1) is 5.92. The fourth-order valence-electron chi connectivity index (χ4n) is 1.80. The minimum absolute atomic E-state index is 0. The Bertz CT molecular complexity index is 302. The fraction of sp³-hybridized carbons (Fsp3) is 0.250. The van der Waals surface area contributed by atoms with Gasteiger partial charge in [-0.3, -0.25) is 0 Å². The molecule has 0 saturated heterocycles. The molecule has 0 spiro atoms. The van der Waals surface area contributed by atoms with Crippen LogP contribution in [0.3, 0.4) is 0 Å². The molecule has 0 aliphatic heterocycles. The van der Waals surface area contributed by atoms with Gasteiger partial charge >= 0.3 is 0 Å². The van der Waals surface area contributed by atoms with Gasteiger partial charge in [0.25, 0.3) is 0 Å². The predicted octanol–water partition coefficient (Wildman–Crippen LogP) is 3.41. The Morgan fingerprint density at radius 2 is 2.00 bits per heavy atom. The largest absolute Gasteiger partial charge is 0.343 e. The SMILES string of the molecule is [CH2-]CCC1C=Cc2ccccc21.[Zr]. The van der Waals surface area contributed by atoms with E-state index in [2.05, 4.69) is 43.3 Å². The van der Waals surface area contributed by atoms with Gasteiger partial charge in [0, 0.05) is 32.1 Å². The minimum Gasteiger partial charge on any atom is -0.343 e. The van der Waals surface area contributed by atoms with E-state index < -0.39 is 0 Å². The Labute approximate surface area is 99.2 Å². The van der Waals surface area contributed by atoms with E-state index in [1.54, 1.807) is 0 Å². The van der Waals surface area contributed by atoms with Gasteiger partial charge in [-0.25, -0.2) is 0 Å². The Hall–Kier alpha value is -0.157. The van der Waals surface area contributed by atoms with E-state index >= 15 is 0 Å². The molecule has 0 N–H and O–H groups in total. The molecular weight excluding hydrogens is 235 g/mol. The normalized spacial score (nSPS) is 18.1. The van der Waals surface area contributed by atoms with E-state index in [1.165, 1.54) is 17.5 Å². The summed E-state index contributed by atoms with van der Waals surface area (Å²) < 4.78 is 0. The molecular formula is C12H13Zr-. The van der Waals surface area contributed by atoms with Gasteiger partial charge in [-0.05, 0) is 11.1 Å². The van der Waals surface area contributed by atoms with E-state index in [0.29, 0.717) is 5.92 Å². The molecule has 1 unspecified atom stereocenters. The molecule has 0 aromatic heterocycles. The van der Waals surface area contributed by atoms with Crippen molar-refractivity contribution in [2.45, 2.75) is 18.8 Å². The maximum Gasteiger partial charge on any atom is 0.000289 e. The molecule has 13 heavy (non-hydrogen) atoms. The molecule has 1 aromatic rings. The predicted molar refractivity (Wildman–Crippen MR) is 52.8 cm³/mol. The van der Waals surface area contributed by atoms with Gasteiger partial charge in [0.2, 0.25) is 0 Å². The third-order valence-corrected chi connectivity index (χ3v) is 2.42. The van der Waals surface area contributed by atoms with Crippen LogP contribution in [0, 0.1) is 6.92 Å². The third-order valence-electron chi connectivity index (χ3n) is 2.42. The van der Waals surface area contributed by atoms with E-state index in [-0.39, 0.29) is 26.2 Å². The molecule has 1 atom stereocenters. The first-order valence-electron chi connectivity index (χ1n) is 4.48. The number of benzene rings is 1. The van der Waals surface area contributed by atoms with Crippen molar-refractivity contribution in [1.82, 2.24) is 0 Å². The first kappa shape index (κ1) is 10.9. The van der Waals surface area contributed by atoms with Crippen molar-refractivity contribution < 1.29 is 26.2 Å². The van der Waals surface area contributed by atoms with Gasteiger partial charge in [0.05, 0.1) is 0 Å². The molecule has 1 aliphatic carbocycles. The second kappa shape index (κ2) is 4.91. The molecule has 0 amide bonds. The Balaban J connectivity index is 0.000000845. The van der Waals surface area contributed by atoms with Crippen molar-refractivity contribution in [2.75, 3.05) is 0 Å². The molecule has 0 fully saturated rings. The number of fused-ring (bicyclic) bond motifs is 1. The van der Waals surface area contributed by atoms with Crippen LogP contribution in [-0.2, 0) is 26.2 Å². The molecule has 1 aliphatic rings. The average molecular weight is 248 g/mol. The second-order valence-corrected chi connectivity index (χ2v) is 3.24. The fourth-order valence-corrected chi connectivity index (χ4v) is 1.80. The monoisotopic (exact) mass is 247 g/mol. The molecule has 1 heteroatoms. The summed E-state index contributed by atoms with van der Waals surface area (Å²) in [5.74, 6) is 0.624. The maximum absolute atomic E-state index is 3.89.